The van der Waals surface area contributed by atoms with Crippen LogP contribution in [0.3, 0.4) is 0 Å². The number of hydrogen-bond acceptors (Lipinski definition) is 3. The van der Waals surface area contributed by atoms with E-state index < -0.39 is 27.3 Å². The molecule has 0 aliphatic rings. The zero-order valence-electron chi connectivity index (χ0n) is 31.3. The Kier molecular flexibility index (Phi) is 13.1. The molecule has 53 heavy (non-hydrogen) atoms. The van der Waals surface area contributed by atoms with Crippen LogP contribution in [-0.2, 0) is 0 Å². The smallest absolute Gasteiger partial charge is 0.148 e. The Balaban J connectivity index is 1.23. The van der Waals surface area contributed by atoms with Gasteiger partial charge in [0.15, 0.2) is 0 Å². The fourth-order valence-electron chi connectivity index (χ4n) is 8.18. The summed E-state index contributed by atoms with van der Waals surface area (Å²) in [4.78, 5) is 0. The van der Waals surface area contributed by atoms with Gasteiger partial charge in [-0.1, -0.05) is 196 Å². The van der Waals surface area contributed by atoms with E-state index >= 15 is 0 Å². The maximum atomic E-state index is 12.3. The molecular formula is C48H54O2SSi2. The van der Waals surface area contributed by atoms with Gasteiger partial charge in [-0.05, 0) is 68.9 Å². The van der Waals surface area contributed by atoms with Crippen molar-refractivity contribution in [1.29, 1.82) is 0 Å². The summed E-state index contributed by atoms with van der Waals surface area (Å²) in [5, 5.41) is 32.9. The first-order valence-corrected chi connectivity index (χ1v) is 24.8. The summed E-state index contributed by atoms with van der Waals surface area (Å²) < 4.78 is 0. The third-order valence-corrected chi connectivity index (χ3v) is 23.0. The molecule has 0 aromatic heterocycles. The average molecular weight is 751 g/mol. The molecule has 0 amide bonds. The Morgan fingerprint density at radius 3 is 0.774 bits per heavy atom. The zero-order valence-corrected chi connectivity index (χ0v) is 34.1. The lowest BCUT2D eigenvalue weighted by Crippen LogP contribution is -2.67. The first-order valence-electron chi connectivity index (χ1n) is 19.2. The van der Waals surface area contributed by atoms with Crippen LogP contribution < -0.4 is 31.1 Å². The van der Waals surface area contributed by atoms with E-state index in [0.29, 0.717) is 37.2 Å². The molecule has 0 radical (unpaired) electrons. The second-order valence-electron chi connectivity index (χ2n) is 14.7. The molecule has 0 saturated carbocycles. The lowest BCUT2D eigenvalue weighted by molar-refractivity contribution is 0.0516. The van der Waals surface area contributed by atoms with E-state index in [1.165, 1.54) is 31.1 Å². The number of benzene rings is 6. The fraction of sp³-hybridized carbons (Fsp3) is 0.250. The number of thioether (sulfide) groups is 1. The molecule has 2 atom stereocenters. The summed E-state index contributed by atoms with van der Waals surface area (Å²) in [7, 11) is -4.95. The van der Waals surface area contributed by atoms with E-state index in [9.17, 15) is 10.2 Å². The van der Waals surface area contributed by atoms with Gasteiger partial charge in [0.1, 0.15) is 16.1 Å². The SMILES string of the molecule is CCC(O)(CC[Si](c1ccccc1)(c1ccccc1)c1ccccc1)CSCC(O)(CC)CC[Si](c1ccccc1)(c1ccccc1)c1ccccc1. The van der Waals surface area contributed by atoms with Gasteiger partial charge in [0.25, 0.3) is 0 Å². The van der Waals surface area contributed by atoms with E-state index in [-0.39, 0.29) is 0 Å². The van der Waals surface area contributed by atoms with Crippen molar-refractivity contribution >= 4 is 59.0 Å². The molecule has 2 unspecified atom stereocenters. The van der Waals surface area contributed by atoms with Crippen molar-refractivity contribution in [1.82, 2.24) is 0 Å². The molecule has 6 aromatic carbocycles. The first kappa shape index (κ1) is 38.7. The Hall–Kier alpha value is -3.98. The molecule has 0 bridgehead atoms. The van der Waals surface area contributed by atoms with Crippen LogP contribution >= 0.6 is 11.8 Å². The van der Waals surface area contributed by atoms with Crippen molar-refractivity contribution in [3.05, 3.63) is 182 Å². The largest absolute Gasteiger partial charge is 0.389 e. The minimum Gasteiger partial charge on any atom is -0.389 e. The van der Waals surface area contributed by atoms with Gasteiger partial charge in [-0.25, -0.2) is 0 Å². The van der Waals surface area contributed by atoms with E-state index in [1.807, 2.05) is 0 Å². The lowest BCUT2D eigenvalue weighted by Gasteiger charge is -2.38. The molecule has 0 heterocycles. The van der Waals surface area contributed by atoms with Gasteiger partial charge in [0.2, 0.25) is 0 Å². The molecule has 0 spiro atoms. The summed E-state index contributed by atoms with van der Waals surface area (Å²) in [6.07, 6.45) is 2.72. The van der Waals surface area contributed by atoms with Gasteiger partial charge in [-0.2, -0.15) is 11.8 Å². The topological polar surface area (TPSA) is 40.5 Å². The van der Waals surface area contributed by atoms with Crippen LogP contribution in [0.2, 0.25) is 12.1 Å². The predicted octanol–water partition coefficient (Wildman–Crippen LogP) is 7.12. The quantitative estimate of drug-likeness (QED) is 0.0727. The summed E-state index contributed by atoms with van der Waals surface area (Å²) in [5.74, 6) is 1.18. The number of aliphatic hydroxyl groups is 2. The van der Waals surface area contributed by atoms with Crippen molar-refractivity contribution in [3.63, 3.8) is 0 Å². The van der Waals surface area contributed by atoms with Crippen molar-refractivity contribution in [3.8, 4) is 0 Å². The first-order chi connectivity index (χ1) is 25.9. The molecule has 6 rings (SSSR count). The molecule has 5 heteroatoms. The van der Waals surface area contributed by atoms with Gasteiger partial charge in [0, 0.05) is 11.5 Å². The molecule has 2 nitrogen and oxygen atoms in total. The minimum atomic E-state index is -2.48. The van der Waals surface area contributed by atoms with Crippen LogP contribution in [0.1, 0.15) is 39.5 Å². The number of hydrogen-bond donors (Lipinski definition) is 2. The Morgan fingerprint density at radius 2 is 0.585 bits per heavy atom. The summed E-state index contributed by atoms with van der Waals surface area (Å²) >= 11 is 1.72. The third-order valence-electron chi connectivity index (χ3n) is 11.6. The summed E-state index contributed by atoms with van der Waals surface area (Å²) in [6, 6.07) is 67.7. The Labute approximate surface area is 324 Å². The van der Waals surface area contributed by atoms with Crippen LogP contribution in [0.4, 0.5) is 0 Å². The maximum Gasteiger partial charge on any atom is 0.148 e. The highest BCUT2D eigenvalue weighted by Crippen LogP contribution is 2.32. The van der Waals surface area contributed by atoms with E-state index in [1.54, 1.807) is 11.8 Å². The summed E-state index contributed by atoms with van der Waals surface area (Å²) in [6.45, 7) is 4.23. The van der Waals surface area contributed by atoms with Crippen LogP contribution in [0.25, 0.3) is 0 Å². The second-order valence-corrected chi connectivity index (χ2v) is 23.7. The highest BCUT2D eigenvalue weighted by molar-refractivity contribution is 7.99. The zero-order chi connectivity index (χ0) is 37.0. The lowest BCUT2D eigenvalue weighted by atomic mass is 10.00. The Bertz CT molecular complexity index is 1610. The van der Waals surface area contributed by atoms with E-state index in [2.05, 4.69) is 196 Å². The van der Waals surface area contributed by atoms with Gasteiger partial charge in [0.05, 0.1) is 11.2 Å². The highest BCUT2D eigenvalue weighted by atomic mass is 32.2. The van der Waals surface area contributed by atoms with Crippen molar-refractivity contribution < 1.29 is 10.2 Å². The molecule has 0 aliphatic heterocycles. The Morgan fingerprint density at radius 1 is 0.377 bits per heavy atom. The molecule has 272 valence electrons. The van der Waals surface area contributed by atoms with Gasteiger partial charge in [-0.15, -0.1) is 0 Å². The minimum absolute atomic E-state index is 0.591. The van der Waals surface area contributed by atoms with Crippen LogP contribution in [0, 0.1) is 0 Å². The standard InChI is InChI=1S/C48H54O2SSi2/c1-3-47(49,35-37-52(41-23-11-5-12-24-41,42-25-13-6-14-26-42)43-27-15-7-16-28-43)39-51-40-48(50,4-2)36-38-53(44-29-17-8-18-30-44,45-31-19-9-20-32-45)46-33-21-10-22-34-46/h5-34,49-50H,3-4,35-40H2,1-2H3. The van der Waals surface area contributed by atoms with Crippen molar-refractivity contribution in [2.75, 3.05) is 11.5 Å². The van der Waals surface area contributed by atoms with Crippen molar-refractivity contribution in [2.45, 2.75) is 62.8 Å². The fourth-order valence-corrected chi connectivity index (χ4v) is 19.7. The molecule has 6 aromatic rings. The number of rotatable bonds is 18. The van der Waals surface area contributed by atoms with Crippen LogP contribution in [0.5, 0.6) is 0 Å². The normalized spacial score (nSPS) is 14.3. The monoisotopic (exact) mass is 750 g/mol. The average Bonchev–Trinajstić information content (AvgIpc) is 3.24. The van der Waals surface area contributed by atoms with E-state index in [0.717, 1.165) is 12.1 Å². The van der Waals surface area contributed by atoms with Gasteiger partial charge >= 0.3 is 0 Å². The van der Waals surface area contributed by atoms with Gasteiger partial charge < -0.3 is 10.2 Å². The van der Waals surface area contributed by atoms with Crippen LogP contribution in [0.15, 0.2) is 182 Å². The predicted molar refractivity (Wildman–Crippen MR) is 235 cm³/mol. The van der Waals surface area contributed by atoms with E-state index in [4.69, 9.17) is 0 Å². The molecule has 2 N–H and O–H groups in total. The molecule has 0 saturated heterocycles. The van der Waals surface area contributed by atoms with Crippen molar-refractivity contribution in [2.24, 2.45) is 0 Å². The van der Waals surface area contributed by atoms with Crippen LogP contribution in [-0.4, -0.2) is 49.1 Å². The maximum absolute atomic E-state index is 12.3. The molecule has 0 fully saturated rings. The third kappa shape index (κ3) is 8.72. The second kappa shape index (κ2) is 17.9. The summed E-state index contributed by atoms with van der Waals surface area (Å²) in [5.41, 5.74) is -1.71. The van der Waals surface area contributed by atoms with Gasteiger partial charge in [-0.3, -0.25) is 0 Å². The molecule has 0 aliphatic carbocycles. The molecular weight excluding hydrogens is 697 g/mol. The highest BCUT2D eigenvalue weighted by Gasteiger charge is 2.43.